The highest BCUT2D eigenvalue weighted by atomic mass is 127. The van der Waals surface area contributed by atoms with Crippen LogP contribution in [0.25, 0.3) is 22.3 Å². The Bertz CT molecular complexity index is 945. The fourth-order valence-electron chi connectivity index (χ4n) is 2.07. The predicted octanol–water partition coefficient (Wildman–Crippen LogP) is 3.79. The first-order chi connectivity index (χ1) is 10.4. The average Bonchev–Trinajstić information content (AvgIpc) is 2.50. The monoisotopic (exact) mass is 522 g/mol. The molecule has 1 aromatic heterocycles. The maximum Gasteiger partial charge on any atom is 0.197 e. The molecule has 1 heterocycles. The highest BCUT2D eigenvalue weighted by molar-refractivity contribution is 14.1. The van der Waals surface area contributed by atoms with Crippen LogP contribution >= 0.6 is 45.2 Å². The largest absolute Gasteiger partial charge is 0.508 e. The number of hydrogen-bond donors (Lipinski definition) is 3. The van der Waals surface area contributed by atoms with Gasteiger partial charge in [0, 0.05) is 11.6 Å². The fourth-order valence-corrected chi connectivity index (χ4v) is 3.77. The van der Waals surface area contributed by atoms with Crippen LogP contribution in [0.3, 0.4) is 0 Å². The van der Waals surface area contributed by atoms with E-state index in [2.05, 4.69) is 0 Å². The van der Waals surface area contributed by atoms with Crippen molar-refractivity contribution >= 4 is 56.2 Å². The molecule has 0 unspecified atom stereocenters. The summed E-state index contributed by atoms with van der Waals surface area (Å²) in [6.45, 7) is 0. The summed E-state index contributed by atoms with van der Waals surface area (Å²) in [6.07, 6.45) is 0. The van der Waals surface area contributed by atoms with E-state index in [0.717, 1.165) is 0 Å². The van der Waals surface area contributed by atoms with Crippen molar-refractivity contribution in [1.29, 1.82) is 0 Å². The van der Waals surface area contributed by atoms with Gasteiger partial charge in [-0.25, -0.2) is 0 Å². The first kappa shape index (κ1) is 15.4. The van der Waals surface area contributed by atoms with Gasteiger partial charge in [0.05, 0.1) is 7.14 Å². The molecule has 0 aliphatic heterocycles. The van der Waals surface area contributed by atoms with Crippen molar-refractivity contribution in [2.45, 2.75) is 0 Å². The molecular formula is C15H8I2O5. The summed E-state index contributed by atoms with van der Waals surface area (Å²) in [5, 5.41) is 29.4. The molecule has 2 aromatic carbocycles. The lowest BCUT2D eigenvalue weighted by molar-refractivity contribution is 0.443. The van der Waals surface area contributed by atoms with E-state index in [-0.39, 0.29) is 37.5 Å². The van der Waals surface area contributed by atoms with Crippen molar-refractivity contribution in [1.82, 2.24) is 0 Å². The number of phenols is 3. The van der Waals surface area contributed by atoms with Gasteiger partial charge in [0.25, 0.3) is 0 Å². The van der Waals surface area contributed by atoms with Crippen LogP contribution in [0.1, 0.15) is 0 Å². The zero-order valence-electron chi connectivity index (χ0n) is 10.8. The molecule has 0 aliphatic rings. The Morgan fingerprint density at radius 1 is 0.909 bits per heavy atom. The lowest BCUT2D eigenvalue weighted by Gasteiger charge is -2.09. The molecule has 22 heavy (non-hydrogen) atoms. The van der Waals surface area contributed by atoms with Gasteiger partial charge in [-0.15, -0.1) is 0 Å². The van der Waals surface area contributed by atoms with Crippen LogP contribution in [-0.2, 0) is 0 Å². The van der Waals surface area contributed by atoms with Crippen molar-refractivity contribution in [2.24, 2.45) is 0 Å². The number of aromatic hydroxyl groups is 3. The van der Waals surface area contributed by atoms with Gasteiger partial charge in [0.2, 0.25) is 0 Å². The number of benzene rings is 2. The van der Waals surface area contributed by atoms with Gasteiger partial charge in [0.15, 0.2) is 11.0 Å². The van der Waals surface area contributed by atoms with E-state index in [4.69, 9.17) is 4.42 Å². The lowest BCUT2D eigenvalue weighted by Crippen LogP contribution is -2.03. The standard InChI is InChI=1S/C15H8I2O5/c16-11-13(20)10-8(19)5-9(6-1-3-7(18)4-2-6)22-15(10)12(17)14(11)21/h1-5,18,20-21H. The van der Waals surface area contributed by atoms with Crippen molar-refractivity contribution < 1.29 is 19.7 Å². The minimum Gasteiger partial charge on any atom is -0.508 e. The molecule has 5 nitrogen and oxygen atoms in total. The Labute approximate surface area is 151 Å². The van der Waals surface area contributed by atoms with Gasteiger partial charge in [-0.3, -0.25) is 4.79 Å². The zero-order chi connectivity index (χ0) is 16.0. The minimum atomic E-state index is -0.405. The molecule has 0 atom stereocenters. The van der Waals surface area contributed by atoms with E-state index in [1.165, 1.54) is 18.2 Å². The number of fused-ring (bicyclic) bond motifs is 1. The molecule has 0 aliphatic carbocycles. The second-order valence-corrected chi connectivity index (χ2v) is 6.71. The third-order valence-electron chi connectivity index (χ3n) is 3.16. The minimum absolute atomic E-state index is 0.0362. The van der Waals surface area contributed by atoms with Crippen molar-refractivity contribution in [3.8, 4) is 28.6 Å². The molecule has 0 fully saturated rings. The van der Waals surface area contributed by atoms with Gasteiger partial charge in [-0.05, 0) is 69.4 Å². The van der Waals surface area contributed by atoms with Crippen LogP contribution in [-0.4, -0.2) is 15.3 Å². The maximum absolute atomic E-state index is 12.3. The summed E-state index contributed by atoms with van der Waals surface area (Å²) in [6, 6.07) is 7.45. The number of hydrogen-bond acceptors (Lipinski definition) is 5. The van der Waals surface area contributed by atoms with Crippen LogP contribution in [0.5, 0.6) is 17.2 Å². The van der Waals surface area contributed by atoms with Crippen LogP contribution < -0.4 is 5.43 Å². The van der Waals surface area contributed by atoms with Crippen molar-refractivity contribution in [3.63, 3.8) is 0 Å². The molecule has 3 rings (SSSR count). The Hall–Kier alpha value is -1.49. The van der Waals surface area contributed by atoms with Crippen LogP contribution in [0.2, 0.25) is 0 Å². The van der Waals surface area contributed by atoms with E-state index < -0.39 is 5.43 Å². The highest BCUT2D eigenvalue weighted by Gasteiger charge is 2.20. The predicted molar refractivity (Wildman–Crippen MR) is 98.3 cm³/mol. The molecule has 0 spiro atoms. The molecule has 0 radical (unpaired) electrons. The summed E-state index contributed by atoms with van der Waals surface area (Å²) in [4.78, 5) is 12.3. The molecule has 112 valence electrons. The Morgan fingerprint density at radius 2 is 1.55 bits per heavy atom. The molecule has 0 bridgehead atoms. The molecule has 7 heteroatoms. The third kappa shape index (κ3) is 2.41. The van der Waals surface area contributed by atoms with Crippen LogP contribution in [0, 0.1) is 7.14 Å². The highest BCUT2D eigenvalue weighted by Crippen LogP contribution is 2.40. The maximum atomic E-state index is 12.3. The third-order valence-corrected chi connectivity index (χ3v) is 5.18. The second kappa shape index (κ2) is 5.61. The SMILES string of the molecule is O=c1cc(-c2ccc(O)cc2)oc2c(I)c(O)c(I)c(O)c12. The van der Waals surface area contributed by atoms with Crippen LogP contribution in [0.15, 0.2) is 39.5 Å². The fraction of sp³-hybridized carbons (Fsp3) is 0. The van der Waals surface area contributed by atoms with E-state index >= 15 is 0 Å². The van der Waals surface area contributed by atoms with E-state index in [1.807, 2.05) is 22.6 Å². The number of phenolic OH excluding ortho intramolecular Hbond substituents is 3. The Morgan fingerprint density at radius 3 is 2.18 bits per heavy atom. The number of halogens is 2. The molecule has 0 saturated heterocycles. The number of rotatable bonds is 1. The van der Waals surface area contributed by atoms with Gasteiger partial charge in [-0.1, -0.05) is 0 Å². The topological polar surface area (TPSA) is 90.9 Å². The molecule has 0 saturated carbocycles. The van der Waals surface area contributed by atoms with Crippen molar-refractivity contribution in [3.05, 3.63) is 47.7 Å². The zero-order valence-corrected chi connectivity index (χ0v) is 15.1. The molecule has 3 aromatic rings. The molecular weight excluding hydrogens is 514 g/mol. The summed E-state index contributed by atoms with van der Waals surface area (Å²) >= 11 is 3.63. The Kier molecular flexibility index (Phi) is 3.93. The quantitative estimate of drug-likeness (QED) is 0.424. The van der Waals surface area contributed by atoms with Gasteiger partial charge < -0.3 is 19.7 Å². The van der Waals surface area contributed by atoms with E-state index in [0.29, 0.717) is 9.13 Å². The summed E-state index contributed by atoms with van der Waals surface area (Å²) in [7, 11) is 0. The summed E-state index contributed by atoms with van der Waals surface area (Å²) < 4.78 is 6.27. The van der Waals surface area contributed by atoms with Gasteiger partial charge in [0.1, 0.15) is 28.4 Å². The normalized spacial score (nSPS) is 11.0. The van der Waals surface area contributed by atoms with Crippen LogP contribution in [0.4, 0.5) is 0 Å². The first-order valence-corrected chi connectivity index (χ1v) is 8.22. The molecule has 0 amide bonds. The van der Waals surface area contributed by atoms with E-state index in [1.54, 1.807) is 34.7 Å². The summed E-state index contributed by atoms with van der Waals surface area (Å²) in [5.74, 6) is -0.0292. The van der Waals surface area contributed by atoms with Crippen molar-refractivity contribution in [2.75, 3.05) is 0 Å². The van der Waals surface area contributed by atoms with E-state index in [9.17, 15) is 20.1 Å². The second-order valence-electron chi connectivity index (χ2n) is 4.55. The molecule has 3 N–H and O–H groups in total. The Balaban J connectivity index is 2.38. The summed E-state index contributed by atoms with van der Waals surface area (Å²) in [5.41, 5.74) is 0.328. The smallest absolute Gasteiger partial charge is 0.197 e. The average molecular weight is 522 g/mol. The van der Waals surface area contributed by atoms with Gasteiger partial charge in [-0.2, -0.15) is 0 Å². The first-order valence-electron chi connectivity index (χ1n) is 6.06. The lowest BCUT2D eigenvalue weighted by atomic mass is 10.1. The van der Waals surface area contributed by atoms with Gasteiger partial charge >= 0.3 is 0 Å².